The zero-order chi connectivity index (χ0) is 27.9. The first-order valence-electron chi connectivity index (χ1n) is 14.8. The number of nitrogens with zero attached hydrogens (tertiary/aromatic N) is 1. The Morgan fingerprint density at radius 3 is 1.98 bits per heavy atom. The molecule has 0 spiro atoms. The van der Waals surface area contributed by atoms with Crippen LogP contribution in [0.4, 0.5) is 0 Å². The van der Waals surface area contributed by atoms with Crippen LogP contribution in [0.1, 0.15) is 44.4 Å². The lowest BCUT2D eigenvalue weighted by molar-refractivity contribution is 0.650. The van der Waals surface area contributed by atoms with Crippen molar-refractivity contribution in [3.8, 4) is 22.4 Å². The second kappa shape index (κ2) is 8.75. The fourth-order valence-electron chi connectivity index (χ4n) is 7.39. The minimum atomic E-state index is -0.0767. The third-order valence-corrected chi connectivity index (χ3v) is 9.29. The molecule has 0 N–H and O–H groups in total. The number of benzene rings is 6. The van der Waals surface area contributed by atoms with Gasteiger partial charge in [-0.15, -0.1) is 0 Å². The van der Waals surface area contributed by atoms with Crippen LogP contribution >= 0.6 is 0 Å². The van der Waals surface area contributed by atoms with Gasteiger partial charge in [0, 0.05) is 16.4 Å². The van der Waals surface area contributed by atoms with Crippen LogP contribution < -0.4 is 0 Å². The molecule has 1 heterocycles. The van der Waals surface area contributed by atoms with Crippen molar-refractivity contribution in [2.45, 2.75) is 39.5 Å². The fraction of sp³-hybridized carbons (Fsp3) is 0.175. The van der Waals surface area contributed by atoms with Crippen molar-refractivity contribution < 1.29 is 0 Å². The van der Waals surface area contributed by atoms with Gasteiger partial charge < -0.3 is 0 Å². The summed E-state index contributed by atoms with van der Waals surface area (Å²) < 4.78 is 0. The highest BCUT2D eigenvalue weighted by atomic mass is 14.7. The number of hydrogen-bond donors (Lipinski definition) is 0. The molecule has 0 amide bonds. The summed E-state index contributed by atoms with van der Waals surface area (Å²) in [5.74, 6) is 0.614. The van der Waals surface area contributed by atoms with Gasteiger partial charge in [0.25, 0.3) is 0 Å². The molecule has 8 rings (SSSR count). The number of fused-ring (bicyclic) bond motifs is 11. The number of pyridine rings is 1. The van der Waals surface area contributed by atoms with E-state index < -0.39 is 0 Å². The smallest absolute Gasteiger partial charge is 0.0712 e. The first-order chi connectivity index (χ1) is 19.9. The third kappa shape index (κ3) is 3.51. The predicted molar refractivity (Wildman–Crippen MR) is 176 cm³/mol. The van der Waals surface area contributed by atoms with Gasteiger partial charge in [-0.25, -0.2) is 4.98 Å². The van der Waals surface area contributed by atoms with Crippen LogP contribution in [0.15, 0.2) is 109 Å². The highest BCUT2D eigenvalue weighted by Gasteiger charge is 2.37. The van der Waals surface area contributed by atoms with E-state index in [2.05, 4.69) is 137 Å². The van der Waals surface area contributed by atoms with E-state index in [0.717, 1.165) is 17.6 Å². The van der Waals surface area contributed by atoms with E-state index in [4.69, 9.17) is 4.98 Å². The standard InChI is InChI=1S/C40H33N/c1-24(2)22-25-10-9-15-37-27(25)18-21-36(41-37)26-16-19-34-33(23-26)39-35(40(34,3)4)20-17-32-30-13-6-5-11-28(30)29-12-7-8-14-31(29)38(32)39/h5-21,23-24H,22H2,1-4H3. The minimum absolute atomic E-state index is 0.0767. The summed E-state index contributed by atoms with van der Waals surface area (Å²) in [4.78, 5) is 5.18. The second-order valence-corrected chi connectivity index (χ2v) is 12.7. The summed E-state index contributed by atoms with van der Waals surface area (Å²) in [6, 6.07) is 40.6. The second-order valence-electron chi connectivity index (χ2n) is 12.7. The van der Waals surface area contributed by atoms with E-state index >= 15 is 0 Å². The molecule has 1 nitrogen and oxygen atoms in total. The van der Waals surface area contributed by atoms with Gasteiger partial charge in [-0.05, 0) is 90.7 Å². The van der Waals surface area contributed by atoms with Crippen LogP contribution in [0.3, 0.4) is 0 Å². The highest BCUT2D eigenvalue weighted by Crippen LogP contribution is 2.54. The summed E-state index contributed by atoms with van der Waals surface area (Å²) in [5, 5.41) is 9.24. The monoisotopic (exact) mass is 527 g/mol. The maximum atomic E-state index is 5.18. The van der Waals surface area contributed by atoms with Gasteiger partial charge in [0.2, 0.25) is 0 Å². The molecular weight excluding hydrogens is 494 g/mol. The summed E-state index contributed by atoms with van der Waals surface area (Å²) in [5.41, 5.74) is 10.1. The fourth-order valence-corrected chi connectivity index (χ4v) is 7.39. The maximum absolute atomic E-state index is 5.18. The Morgan fingerprint density at radius 1 is 0.610 bits per heavy atom. The molecule has 0 saturated heterocycles. The van der Waals surface area contributed by atoms with Crippen molar-refractivity contribution in [1.29, 1.82) is 0 Å². The van der Waals surface area contributed by atoms with E-state index in [1.165, 1.54) is 71.1 Å². The third-order valence-electron chi connectivity index (χ3n) is 9.29. The molecular formula is C40H33N. The Balaban J connectivity index is 1.40. The molecule has 198 valence electrons. The molecule has 41 heavy (non-hydrogen) atoms. The van der Waals surface area contributed by atoms with Crippen LogP contribution in [0, 0.1) is 5.92 Å². The van der Waals surface area contributed by atoms with Crippen LogP contribution in [-0.4, -0.2) is 4.98 Å². The number of rotatable bonds is 3. The lowest BCUT2D eigenvalue weighted by Crippen LogP contribution is -2.14. The average molecular weight is 528 g/mol. The lowest BCUT2D eigenvalue weighted by Gasteiger charge is -2.22. The van der Waals surface area contributed by atoms with Gasteiger partial charge in [-0.1, -0.05) is 119 Å². The molecule has 1 aromatic heterocycles. The first kappa shape index (κ1) is 24.3. The quantitative estimate of drug-likeness (QED) is 0.208. The van der Waals surface area contributed by atoms with Crippen molar-refractivity contribution in [2.24, 2.45) is 5.92 Å². The predicted octanol–water partition coefficient (Wildman–Crippen LogP) is 10.9. The Kier molecular flexibility index (Phi) is 5.19. The van der Waals surface area contributed by atoms with Crippen LogP contribution in [0.25, 0.3) is 65.6 Å². The van der Waals surface area contributed by atoms with Crippen LogP contribution in [-0.2, 0) is 11.8 Å². The lowest BCUT2D eigenvalue weighted by atomic mass is 9.81. The summed E-state index contributed by atoms with van der Waals surface area (Å²) >= 11 is 0. The molecule has 0 unspecified atom stereocenters. The minimum Gasteiger partial charge on any atom is -0.248 e. The number of hydrogen-bond acceptors (Lipinski definition) is 1. The molecule has 7 aromatic rings. The van der Waals surface area contributed by atoms with E-state index in [1.54, 1.807) is 0 Å². The topological polar surface area (TPSA) is 12.9 Å². The molecule has 1 aliphatic rings. The maximum Gasteiger partial charge on any atom is 0.0712 e. The molecule has 0 atom stereocenters. The average Bonchev–Trinajstić information content (AvgIpc) is 3.22. The Labute approximate surface area is 241 Å². The van der Waals surface area contributed by atoms with Gasteiger partial charge in [0.05, 0.1) is 11.2 Å². The molecule has 1 heteroatoms. The number of aromatic nitrogens is 1. The van der Waals surface area contributed by atoms with E-state index in [-0.39, 0.29) is 5.41 Å². The zero-order valence-electron chi connectivity index (χ0n) is 24.1. The normalized spacial score (nSPS) is 13.9. The molecule has 0 fully saturated rings. The van der Waals surface area contributed by atoms with Crippen molar-refractivity contribution in [3.63, 3.8) is 0 Å². The van der Waals surface area contributed by atoms with Gasteiger partial charge in [0.1, 0.15) is 0 Å². The molecule has 6 aromatic carbocycles. The van der Waals surface area contributed by atoms with Gasteiger partial charge in [-0.3, -0.25) is 0 Å². The largest absolute Gasteiger partial charge is 0.248 e. The van der Waals surface area contributed by atoms with E-state index in [9.17, 15) is 0 Å². The van der Waals surface area contributed by atoms with E-state index in [1.807, 2.05) is 0 Å². The summed E-state index contributed by atoms with van der Waals surface area (Å²) in [6.07, 6.45) is 1.07. The van der Waals surface area contributed by atoms with Crippen molar-refractivity contribution in [2.75, 3.05) is 0 Å². The Bertz CT molecular complexity index is 2150. The Hall–Kier alpha value is -4.49. The SMILES string of the molecule is CC(C)Cc1cccc2nc(-c3ccc4c(c3)-c3c(ccc5c6ccccc6c6ccccc6c35)C4(C)C)ccc12. The molecule has 0 aliphatic heterocycles. The van der Waals surface area contributed by atoms with Crippen LogP contribution in [0.5, 0.6) is 0 Å². The van der Waals surface area contributed by atoms with E-state index in [0.29, 0.717) is 5.92 Å². The first-order valence-corrected chi connectivity index (χ1v) is 14.8. The van der Waals surface area contributed by atoms with Crippen molar-refractivity contribution >= 4 is 43.2 Å². The zero-order valence-corrected chi connectivity index (χ0v) is 24.1. The van der Waals surface area contributed by atoms with Crippen LogP contribution in [0.2, 0.25) is 0 Å². The molecule has 0 radical (unpaired) electrons. The van der Waals surface area contributed by atoms with Crippen molar-refractivity contribution in [1.82, 2.24) is 4.98 Å². The summed E-state index contributed by atoms with van der Waals surface area (Å²) in [7, 11) is 0. The van der Waals surface area contributed by atoms with Crippen molar-refractivity contribution in [3.05, 3.63) is 126 Å². The highest BCUT2D eigenvalue weighted by molar-refractivity contribution is 6.29. The summed E-state index contributed by atoms with van der Waals surface area (Å²) in [6.45, 7) is 9.30. The molecule has 1 aliphatic carbocycles. The van der Waals surface area contributed by atoms with Gasteiger partial charge >= 0.3 is 0 Å². The molecule has 0 saturated carbocycles. The van der Waals surface area contributed by atoms with Gasteiger partial charge in [-0.2, -0.15) is 0 Å². The Morgan fingerprint density at radius 2 is 1.24 bits per heavy atom. The van der Waals surface area contributed by atoms with Gasteiger partial charge in [0.15, 0.2) is 0 Å². The molecule has 0 bridgehead atoms.